The van der Waals surface area contributed by atoms with Crippen molar-refractivity contribution < 1.29 is 18.3 Å². The number of rotatable bonds is 4. The lowest BCUT2D eigenvalue weighted by atomic mass is 9.96. The molecule has 0 radical (unpaired) electrons. The fourth-order valence-corrected chi connectivity index (χ4v) is 7.20. The van der Waals surface area contributed by atoms with Crippen LogP contribution in [0.5, 0.6) is 5.75 Å². The van der Waals surface area contributed by atoms with Gasteiger partial charge in [0.15, 0.2) is 11.6 Å². The van der Waals surface area contributed by atoms with E-state index in [9.17, 15) is 10.1 Å². The van der Waals surface area contributed by atoms with Crippen LogP contribution in [0.2, 0.25) is 5.02 Å². The number of benzene rings is 2. The monoisotopic (exact) mass is 594 g/mol. The summed E-state index contributed by atoms with van der Waals surface area (Å²) < 4.78 is 38.0. The van der Waals surface area contributed by atoms with Gasteiger partial charge < -0.3 is 19.9 Å². The average Bonchev–Trinajstić information content (AvgIpc) is 3.32. The van der Waals surface area contributed by atoms with Crippen LogP contribution in [0.3, 0.4) is 0 Å². The van der Waals surface area contributed by atoms with E-state index in [-0.39, 0.29) is 67.7 Å². The Morgan fingerprint density at radius 3 is 2.85 bits per heavy atom. The normalized spacial score (nSPS) is 16.7. The number of anilines is 2. The number of carbonyl (C=O) groups is 1. The van der Waals surface area contributed by atoms with Gasteiger partial charge in [0.25, 0.3) is 0 Å². The van der Waals surface area contributed by atoms with Crippen LogP contribution in [0.15, 0.2) is 31.1 Å². The molecule has 1 N–H and O–H groups in total. The first-order chi connectivity index (χ1) is 19.7. The number of fused-ring (bicyclic) bond motifs is 3. The highest BCUT2D eigenvalue weighted by atomic mass is 35.5. The molecule has 4 heterocycles. The Bertz CT molecular complexity index is 1790. The number of aromatic nitrogens is 2. The summed E-state index contributed by atoms with van der Waals surface area (Å²) >= 11 is 8.05. The van der Waals surface area contributed by atoms with Gasteiger partial charge in [-0.2, -0.15) is 5.26 Å². The lowest BCUT2D eigenvalue weighted by Gasteiger charge is -2.43. The summed E-state index contributed by atoms with van der Waals surface area (Å²) in [5.74, 6) is -0.700. The number of amides is 1. The second kappa shape index (κ2) is 10.4. The molecule has 6 rings (SSSR count). The van der Waals surface area contributed by atoms with Gasteiger partial charge in [0.2, 0.25) is 5.91 Å². The molecule has 0 unspecified atom stereocenters. The number of nitrogens with zero attached hydrogens (tertiary/aromatic N) is 5. The molecule has 2 aromatic heterocycles. The summed E-state index contributed by atoms with van der Waals surface area (Å²) in [6.45, 7) is 9.02. The Labute approximate surface area is 243 Å². The Morgan fingerprint density at radius 1 is 1.32 bits per heavy atom. The fourth-order valence-electron chi connectivity index (χ4n) is 5.64. The van der Waals surface area contributed by atoms with Crippen LogP contribution in [0, 0.1) is 23.0 Å². The number of carbonyl (C=O) groups excluding carboxylic acids is 1. The minimum Gasteiger partial charge on any atom is -0.491 e. The molecule has 2 aliphatic heterocycles. The molecule has 1 amide bonds. The second-order valence-electron chi connectivity index (χ2n) is 10.2. The molecule has 2 aliphatic rings. The highest BCUT2D eigenvalue weighted by Gasteiger charge is 2.35. The van der Waals surface area contributed by atoms with Crippen LogP contribution < -0.4 is 15.0 Å². The van der Waals surface area contributed by atoms with Crippen LogP contribution in [-0.2, 0) is 4.79 Å². The molecule has 41 heavy (non-hydrogen) atoms. The van der Waals surface area contributed by atoms with Crippen molar-refractivity contribution in [3.8, 4) is 22.9 Å². The molecule has 0 aliphatic carbocycles. The maximum atomic E-state index is 16.6. The molecule has 12 heteroatoms. The van der Waals surface area contributed by atoms with Gasteiger partial charge in [0.1, 0.15) is 34.5 Å². The SMILES string of the molecule is C=CC(=O)N1CCN2c3ncnc4c(F)c(-c5ccc(F)c6sc(NC(C)C)c(C#N)c56)c(Cl)c(c34)OCC[C@H]2C1. The molecular formula is C29H25ClF2N6O2S. The fraction of sp³-hybridized carbons (Fsp3) is 0.310. The minimum absolute atomic E-state index is 0.00129. The Kier molecular flexibility index (Phi) is 6.91. The van der Waals surface area contributed by atoms with Crippen molar-refractivity contribution in [1.82, 2.24) is 14.9 Å². The quantitative estimate of drug-likeness (QED) is 0.284. The number of nitrogens with one attached hydrogen (secondary N) is 1. The van der Waals surface area contributed by atoms with Gasteiger partial charge in [0, 0.05) is 43.0 Å². The van der Waals surface area contributed by atoms with E-state index in [1.165, 1.54) is 24.5 Å². The Balaban J connectivity index is 1.58. The summed E-state index contributed by atoms with van der Waals surface area (Å²) in [5, 5.41) is 14.4. The summed E-state index contributed by atoms with van der Waals surface area (Å²) in [6.07, 6.45) is 3.14. The summed E-state index contributed by atoms with van der Waals surface area (Å²) in [4.78, 5) is 24.8. The number of thiophene rings is 1. The minimum atomic E-state index is -0.722. The molecule has 0 spiro atoms. The van der Waals surface area contributed by atoms with E-state index in [0.29, 0.717) is 42.3 Å². The highest BCUT2D eigenvalue weighted by molar-refractivity contribution is 7.23. The molecule has 0 saturated carbocycles. The zero-order chi connectivity index (χ0) is 29.0. The molecule has 8 nitrogen and oxygen atoms in total. The van der Waals surface area contributed by atoms with Crippen molar-refractivity contribution in [2.45, 2.75) is 32.4 Å². The van der Waals surface area contributed by atoms with Crippen LogP contribution in [0.25, 0.3) is 32.1 Å². The predicted molar refractivity (Wildman–Crippen MR) is 157 cm³/mol. The van der Waals surface area contributed by atoms with Crippen molar-refractivity contribution in [3.05, 3.63) is 53.3 Å². The van der Waals surface area contributed by atoms with Crippen molar-refractivity contribution in [2.75, 3.05) is 36.5 Å². The zero-order valence-corrected chi connectivity index (χ0v) is 23.9. The van der Waals surface area contributed by atoms with E-state index in [1.807, 2.05) is 18.7 Å². The van der Waals surface area contributed by atoms with E-state index < -0.39 is 11.6 Å². The Morgan fingerprint density at radius 2 is 2.12 bits per heavy atom. The van der Waals surface area contributed by atoms with Crippen molar-refractivity contribution in [1.29, 1.82) is 5.26 Å². The van der Waals surface area contributed by atoms with Crippen LogP contribution in [0.4, 0.5) is 19.6 Å². The van der Waals surface area contributed by atoms with Crippen molar-refractivity contribution >= 4 is 60.7 Å². The average molecular weight is 595 g/mol. The predicted octanol–water partition coefficient (Wildman–Crippen LogP) is 6.12. The summed E-state index contributed by atoms with van der Waals surface area (Å²) in [6, 6.07) is 4.72. The number of piperazine rings is 1. The van der Waals surface area contributed by atoms with Gasteiger partial charge in [0.05, 0.1) is 33.3 Å². The topological polar surface area (TPSA) is 94.4 Å². The maximum absolute atomic E-state index is 16.6. The van der Waals surface area contributed by atoms with Crippen molar-refractivity contribution in [2.24, 2.45) is 0 Å². The number of hydrogen-bond acceptors (Lipinski definition) is 8. The third-order valence-corrected chi connectivity index (χ3v) is 8.92. The highest BCUT2D eigenvalue weighted by Crippen LogP contribution is 2.50. The summed E-state index contributed by atoms with van der Waals surface area (Å²) in [7, 11) is 0. The second-order valence-corrected chi connectivity index (χ2v) is 11.6. The number of hydrogen-bond donors (Lipinski definition) is 1. The van der Waals surface area contributed by atoms with E-state index >= 15 is 8.78 Å². The Hall–Kier alpha value is -4.01. The van der Waals surface area contributed by atoms with Gasteiger partial charge in [-0.25, -0.2) is 18.7 Å². The van der Waals surface area contributed by atoms with Gasteiger partial charge in [-0.3, -0.25) is 4.79 Å². The van der Waals surface area contributed by atoms with Crippen molar-refractivity contribution in [3.63, 3.8) is 0 Å². The van der Waals surface area contributed by atoms with Crippen LogP contribution in [-0.4, -0.2) is 59.1 Å². The molecule has 0 bridgehead atoms. The molecule has 4 aromatic rings. The van der Waals surface area contributed by atoms with E-state index in [4.69, 9.17) is 16.3 Å². The van der Waals surface area contributed by atoms with Crippen LogP contribution >= 0.6 is 22.9 Å². The number of ether oxygens (including phenoxy) is 1. The maximum Gasteiger partial charge on any atom is 0.246 e. The first-order valence-corrected chi connectivity index (χ1v) is 14.3. The molecule has 1 fully saturated rings. The first-order valence-electron chi connectivity index (χ1n) is 13.1. The van der Waals surface area contributed by atoms with E-state index in [0.717, 1.165) is 11.3 Å². The first kappa shape index (κ1) is 27.2. The van der Waals surface area contributed by atoms with E-state index in [2.05, 4.69) is 27.9 Å². The van der Waals surface area contributed by atoms with Gasteiger partial charge in [-0.1, -0.05) is 24.2 Å². The smallest absolute Gasteiger partial charge is 0.246 e. The number of nitriles is 1. The molecule has 1 saturated heterocycles. The standard InChI is InChI=1S/C29H25ClF2N6O2S/c1-4-19(39)37-8-9-38-15(12-37)7-10-40-26-22-25(34-13-35-28(22)38)24(32)21(23(26)30)16-5-6-18(31)27-20(16)17(11-33)29(41-27)36-14(2)3/h4-6,13-15,36H,1,7-10,12H2,2-3H3/t15-/m0/s1. The van der Waals surface area contributed by atoms with Gasteiger partial charge >= 0.3 is 0 Å². The number of halogens is 3. The lowest BCUT2D eigenvalue weighted by Crippen LogP contribution is -2.55. The third kappa shape index (κ3) is 4.33. The van der Waals surface area contributed by atoms with Gasteiger partial charge in [-0.05, 0) is 31.6 Å². The largest absolute Gasteiger partial charge is 0.491 e. The van der Waals surface area contributed by atoms with Gasteiger partial charge in [-0.15, -0.1) is 11.3 Å². The van der Waals surface area contributed by atoms with Crippen LogP contribution in [0.1, 0.15) is 25.8 Å². The third-order valence-electron chi connectivity index (χ3n) is 7.43. The van der Waals surface area contributed by atoms with E-state index in [1.54, 1.807) is 4.90 Å². The molecule has 210 valence electrons. The molecular weight excluding hydrogens is 570 g/mol. The molecule has 1 atom stereocenters. The molecule has 2 aromatic carbocycles. The zero-order valence-electron chi connectivity index (χ0n) is 22.3. The lowest BCUT2D eigenvalue weighted by molar-refractivity contribution is -0.126. The summed E-state index contributed by atoms with van der Waals surface area (Å²) in [5.41, 5.74) is 0.464.